The minimum atomic E-state index is -0.163. The molecule has 0 radical (unpaired) electrons. The number of carbonyl (C=O) groups excluding carboxylic acids is 1. The molecule has 2 atom stereocenters. The molecule has 0 aromatic carbocycles. The lowest BCUT2D eigenvalue weighted by Gasteiger charge is -2.26. The number of rotatable bonds is 7. The first-order chi connectivity index (χ1) is 11.9. The third-order valence-corrected chi connectivity index (χ3v) is 5.18. The van der Waals surface area contributed by atoms with Crippen molar-refractivity contribution in [2.45, 2.75) is 27.2 Å². The van der Waals surface area contributed by atoms with Gasteiger partial charge in [-0.2, -0.15) is 0 Å². The smallest absolute Gasteiger partial charge is 0.231 e. The van der Waals surface area contributed by atoms with Crippen molar-refractivity contribution in [3.63, 3.8) is 0 Å². The lowest BCUT2D eigenvalue weighted by atomic mass is 9.91. The Morgan fingerprint density at radius 2 is 2.04 bits per heavy atom. The van der Waals surface area contributed by atoms with Gasteiger partial charge in [-0.3, -0.25) is 4.79 Å². The van der Waals surface area contributed by atoms with E-state index in [0.29, 0.717) is 11.7 Å². The number of hydrogen-bond acceptors (Lipinski definition) is 3. The standard InChI is InChI=1S/C21H29N3O/c1-7-18(21(8-2)11-15(21)5)9-16(14(3)4)10-19(22-6)24-20(25)17-12-23-13-17/h2,7,9-10,15,17,22-23H,3,11-13H2,1,4-6H3,(H,24,25)/b16-9-,18-7+,19-10+. The molecule has 3 N–H and O–H groups in total. The van der Waals surface area contributed by atoms with Crippen molar-refractivity contribution in [3.8, 4) is 12.3 Å². The molecule has 4 heteroatoms. The SMILES string of the molecule is C#CC1(C(/C=C(/C=C(\NC)NC(=O)C2CNC2)C(=C)C)=C/C)CC1C. The largest absolute Gasteiger partial charge is 0.375 e. The summed E-state index contributed by atoms with van der Waals surface area (Å²) in [5, 5.41) is 9.12. The molecule has 0 aromatic rings. The molecule has 25 heavy (non-hydrogen) atoms. The van der Waals surface area contributed by atoms with Crippen LogP contribution in [-0.4, -0.2) is 26.0 Å². The summed E-state index contributed by atoms with van der Waals surface area (Å²) in [5.74, 6) is 4.20. The minimum Gasteiger partial charge on any atom is -0.375 e. The Morgan fingerprint density at radius 1 is 1.40 bits per heavy atom. The van der Waals surface area contributed by atoms with E-state index in [1.807, 2.05) is 19.9 Å². The van der Waals surface area contributed by atoms with Crippen molar-refractivity contribution in [1.82, 2.24) is 16.0 Å². The normalized spacial score (nSPS) is 27.2. The Kier molecular flexibility index (Phi) is 5.92. The van der Waals surface area contributed by atoms with Crippen LogP contribution < -0.4 is 16.0 Å². The third-order valence-electron chi connectivity index (χ3n) is 5.18. The molecule has 2 aliphatic rings. The highest BCUT2D eigenvalue weighted by molar-refractivity contribution is 5.81. The van der Waals surface area contributed by atoms with Crippen LogP contribution in [-0.2, 0) is 4.79 Å². The second kappa shape index (κ2) is 7.76. The Balaban J connectivity index is 2.25. The molecule has 2 rings (SSSR count). The molecule has 1 aliphatic heterocycles. The van der Waals surface area contributed by atoms with E-state index >= 15 is 0 Å². The summed E-state index contributed by atoms with van der Waals surface area (Å²) in [6, 6.07) is 0. The van der Waals surface area contributed by atoms with Gasteiger partial charge in [0.2, 0.25) is 5.91 Å². The Hall–Kier alpha value is -2.25. The number of carbonyl (C=O) groups is 1. The molecule has 1 aliphatic carbocycles. The molecule has 1 amide bonds. The number of hydrogen-bond donors (Lipinski definition) is 3. The second-order valence-electron chi connectivity index (χ2n) is 7.00. The first-order valence-corrected chi connectivity index (χ1v) is 8.81. The molecule has 134 valence electrons. The van der Waals surface area contributed by atoms with Crippen LogP contribution in [0.2, 0.25) is 0 Å². The van der Waals surface area contributed by atoms with E-state index in [9.17, 15) is 4.79 Å². The van der Waals surface area contributed by atoms with Gasteiger partial charge in [-0.15, -0.1) is 6.42 Å². The highest BCUT2D eigenvalue weighted by Gasteiger charge is 2.51. The average molecular weight is 339 g/mol. The zero-order valence-corrected chi connectivity index (χ0v) is 15.7. The first kappa shape index (κ1) is 19.1. The predicted octanol–water partition coefficient (Wildman–Crippen LogP) is 2.49. The summed E-state index contributed by atoms with van der Waals surface area (Å²) in [6.45, 7) is 11.7. The van der Waals surface area contributed by atoms with E-state index < -0.39 is 0 Å². The number of allylic oxidation sites excluding steroid dienone is 6. The number of nitrogens with one attached hydrogen (secondary N) is 3. The van der Waals surface area contributed by atoms with E-state index in [1.165, 1.54) is 0 Å². The summed E-state index contributed by atoms with van der Waals surface area (Å²) >= 11 is 0. The van der Waals surface area contributed by atoms with E-state index in [-0.39, 0.29) is 17.2 Å². The number of amides is 1. The topological polar surface area (TPSA) is 53.2 Å². The fraction of sp³-hybridized carbons (Fsp3) is 0.476. The summed E-state index contributed by atoms with van der Waals surface area (Å²) < 4.78 is 0. The van der Waals surface area contributed by atoms with E-state index in [1.54, 1.807) is 7.05 Å². The lowest BCUT2D eigenvalue weighted by Crippen LogP contribution is -2.51. The molecule has 1 heterocycles. The zero-order valence-electron chi connectivity index (χ0n) is 15.7. The van der Waals surface area contributed by atoms with Crippen molar-refractivity contribution in [2.75, 3.05) is 20.1 Å². The van der Waals surface area contributed by atoms with Gasteiger partial charge in [-0.05, 0) is 43.4 Å². The van der Waals surface area contributed by atoms with Crippen LogP contribution in [0.4, 0.5) is 0 Å². The van der Waals surface area contributed by atoms with Crippen LogP contribution in [0, 0.1) is 29.6 Å². The van der Waals surface area contributed by atoms with Gasteiger partial charge in [-0.25, -0.2) is 0 Å². The first-order valence-electron chi connectivity index (χ1n) is 8.81. The maximum atomic E-state index is 12.2. The van der Waals surface area contributed by atoms with Crippen molar-refractivity contribution in [3.05, 3.63) is 47.3 Å². The Bertz CT molecular complexity index is 688. The van der Waals surface area contributed by atoms with E-state index in [2.05, 4.69) is 47.5 Å². The molecule has 1 saturated carbocycles. The highest BCUT2D eigenvalue weighted by atomic mass is 16.2. The molecule has 4 nitrogen and oxygen atoms in total. The maximum absolute atomic E-state index is 12.2. The van der Waals surface area contributed by atoms with Gasteiger partial charge in [0.05, 0.1) is 11.3 Å². The van der Waals surface area contributed by atoms with Crippen LogP contribution >= 0.6 is 0 Å². The van der Waals surface area contributed by atoms with Crippen LogP contribution in [0.1, 0.15) is 27.2 Å². The monoisotopic (exact) mass is 339 g/mol. The van der Waals surface area contributed by atoms with Crippen LogP contribution in [0.25, 0.3) is 0 Å². The molecule has 0 bridgehead atoms. The van der Waals surface area contributed by atoms with Gasteiger partial charge < -0.3 is 16.0 Å². The summed E-state index contributed by atoms with van der Waals surface area (Å²) in [7, 11) is 1.80. The predicted molar refractivity (Wildman–Crippen MR) is 103 cm³/mol. The lowest BCUT2D eigenvalue weighted by molar-refractivity contribution is -0.125. The van der Waals surface area contributed by atoms with Crippen molar-refractivity contribution >= 4 is 5.91 Å². The second-order valence-corrected chi connectivity index (χ2v) is 7.00. The van der Waals surface area contributed by atoms with Gasteiger partial charge >= 0.3 is 0 Å². The molecule has 1 saturated heterocycles. The quantitative estimate of drug-likeness (QED) is 0.493. The van der Waals surface area contributed by atoms with Gasteiger partial charge in [0.15, 0.2) is 0 Å². The molecule has 0 spiro atoms. The third kappa shape index (κ3) is 4.05. The molecule has 2 unspecified atom stereocenters. The van der Waals surface area contributed by atoms with E-state index in [0.717, 1.165) is 36.2 Å². The van der Waals surface area contributed by atoms with Crippen molar-refractivity contribution < 1.29 is 4.79 Å². The number of terminal acetylenes is 1. The minimum absolute atomic E-state index is 0.0302. The highest BCUT2D eigenvalue weighted by Crippen LogP contribution is 2.57. The van der Waals surface area contributed by atoms with Gasteiger partial charge in [0.25, 0.3) is 0 Å². The van der Waals surface area contributed by atoms with Crippen molar-refractivity contribution in [2.24, 2.45) is 17.3 Å². The molecule has 0 aromatic heterocycles. The van der Waals surface area contributed by atoms with Crippen LogP contribution in [0.5, 0.6) is 0 Å². The molecular weight excluding hydrogens is 310 g/mol. The Labute approximate surface area is 151 Å². The summed E-state index contributed by atoms with van der Waals surface area (Å²) in [6.07, 6.45) is 12.9. The molecule has 2 fully saturated rings. The zero-order chi connectivity index (χ0) is 18.6. The summed E-state index contributed by atoms with van der Waals surface area (Å²) in [4.78, 5) is 12.2. The average Bonchev–Trinajstić information content (AvgIpc) is 3.19. The van der Waals surface area contributed by atoms with Crippen LogP contribution in [0.15, 0.2) is 47.3 Å². The van der Waals surface area contributed by atoms with Gasteiger partial charge in [0, 0.05) is 20.1 Å². The van der Waals surface area contributed by atoms with Crippen LogP contribution in [0.3, 0.4) is 0 Å². The fourth-order valence-electron chi connectivity index (χ4n) is 3.07. The van der Waals surface area contributed by atoms with Gasteiger partial charge in [0.1, 0.15) is 5.82 Å². The maximum Gasteiger partial charge on any atom is 0.231 e. The molecular formula is C21H29N3O. The fourth-order valence-corrected chi connectivity index (χ4v) is 3.07. The summed E-state index contributed by atoms with van der Waals surface area (Å²) in [5.41, 5.74) is 2.86. The van der Waals surface area contributed by atoms with E-state index in [4.69, 9.17) is 6.42 Å². The van der Waals surface area contributed by atoms with Crippen molar-refractivity contribution in [1.29, 1.82) is 0 Å². The van der Waals surface area contributed by atoms with Gasteiger partial charge in [-0.1, -0.05) is 37.1 Å². The Morgan fingerprint density at radius 3 is 2.40 bits per heavy atom.